The number of nitro benzene ring substituents is 1. The maximum absolute atomic E-state index is 11.0. The average molecular weight is 399 g/mol. The van der Waals surface area contributed by atoms with Crippen LogP contribution in [0.2, 0.25) is 0 Å². The number of pyridine rings is 1. The van der Waals surface area contributed by atoms with Gasteiger partial charge in [-0.2, -0.15) is 5.10 Å². The minimum absolute atomic E-state index is 0.000522. The van der Waals surface area contributed by atoms with Crippen molar-refractivity contribution in [3.63, 3.8) is 0 Å². The molecule has 0 saturated carbocycles. The molecule has 6 nitrogen and oxygen atoms in total. The van der Waals surface area contributed by atoms with E-state index in [1.165, 1.54) is 12.3 Å². The van der Waals surface area contributed by atoms with Crippen molar-refractivity contribution in [2.45, 2.75) is 13.8 Å². The van der Waals surface area contributed by atoms with Crippen molar-refractivity contribution in [1.29, 1.82) is 0 Å². The van der Waals surface area contributed by atoms with Gasteiger partial charge in [0.2, 0.25) is 0 Å². The highest BCUT2D eigenvalue weighted by molar-refractivity contribution is 9.10. The Hall–Kier alpha value is -2.80. The number of nitrogens with zero attached hydrogens (tertiary/aromatic N) is 3. The Morgan fingerprint density at radius 1 is 1.20 bits per heavy atom. The van der Waals surface area contributed by atoms with E-state index in [4.69, 9.17) is 0 Å². The molecule has 0 aliphatic rings. The zero-order chi connectivity index (χ0) is 18.0. The second-order valence-electron chi connectivity index (χ2n) is 5.69. The molecule has 0 amide bonds. The van der Waals surface area contributed by atoms with Crippen molar-refractivity contribution in [2.75, 3.05) is 5.43 Å². The molecule has 1 aromatic heterocycles. The van der Waals surface area contributed by atoms with E-state index in [2.05, 4.69) is 37.5 Å². The maximum Gasteiger partial charge on any atom is 0.284 e. The number of anilines is 1. The number of hydrogen-bond donors (Lipinski definition) is 1. The number of aromatic nitrogens is 1. The summed E-state index contributed by atoms with van der Waals surface area (Å²) in [6.45, 7) is 3.97. The van der Waals surface area contributed by atoms with Crippen LogP contribution in [0, 0.1) is 24.0 Å². The SMILES string of the molecule is Cc1ccc2cc(C)c(N/N=C\c3ccc(Br)c([N+](=O)[O-])c3)nc2c1. The van der Waals surface area contributed by atoms with Crippen molar-refractivity contribution >= 4 is 44.6 Å². The highest BCUT2D eigenvalue weighted by atomic mass is 79.9. The topological polar surface area (TPSA) is 80.4 Å². The van der Waals surface area contributed by atoms with E-state index in [-0.39, 0.29) is 5.69 Å². The lowest BCUT2D eigenvalue weighted by Crippen LogP contribution is -1.98. The van der Waals surface area contributed by atoms with Gasteiger partial charge in [-0.25, -0.2) is 4.98 Å². The van der Waals surface area contributed by atoms with Gasteiger partial charge >= 0.3 is 0 Å². The molecule has 1 N–H and O–H groups in total. The van der Waals surface area contributed by atoms with Crippen LogP contribution in [0.15, 0.2) is 52.0 Å². The van der Waals surface area contributed by atoms with Gasteiger partial charge in [-0.1, -0.05) is 18.2 Å². The molecule has 0 fully saturated rings. The van der Waals surface area contributed by atoms with Crippen molar-refractivity contribution in [3.8, 4) is 0 Å². The number of aryl methyl sites for hydroxylation is 2. The lowest BCUT2D eigenvalue weighted by atomic mass is 10.1. The van der Waals surface area contributed by atoms with E-state index >= 15 is 0 Å². The van der Waals surface area contributed by atoms with Gasteiger partial charge < -0.3 is 0 Å². The summed E-state index contributed by atoms with van der Waals surface area (Å²) >= 11 is 3.16. The molecule has 2 aromatic carbocycles. The summed E-state index contributed by atoms with van der Waals surface area (Å²) in [5, 5.41) is 16.2. The number of benzene rings is 2. The number of fused-ring (bicyclic) bond motifs is 1. The zero-order valence-corrected chi connectivity index (χ0v) is 15.2. The van der Waals surface area contributed by atoms with Crippen molar-refractivity contribution < 1.29 is 4.92 Å². The van der Waals surface area contributed by atoms with Crippen LogP contribution in [-0.4, -0.2) is 16.1 Å². The van der Waals surface area contributed by atoms with Gasteiger partial charge in [0, 0.05) is 17.0 Å². The summed E-state index contributed by atoms with van der Waals surface area (Å²) in [7, 11) is 0. The summed E-state index contributed by atoms with van der Waals surface area (Å²) in [6.07, 6.45) is 1.53. The molecule has 0 saturated heterocycles. The molecule has 0 aliphatic carbocycles. The van der Waals surface area contributed by atoms with Gasteiger partial charge in [0.15, 0.2) is 0 Å². The van der Waals surface area contributed by atoms with E-state index in [1.54, 1.807) is 12.1 Å². The minimum atomic E-state index is -0.438. The fourth-order valence-electron chi connectivity index (χ4n) is 2.41. The highest BCUT2D eigenvalue weighted by Gasteiger charge is 2.11. The molecule has 3 aromatic rings. The third-order valence-corrected chi connectivity index (χ3v) is 4.39. The first-order valence-electron chi connectivity index (χ1n) is 7.55. The van der Waals surface area contributed by atoms with Gasteiger partial charge in [-0.3, -0.25) is 15.5 Å². The van der Waals surface area contributed by atoms with Crippen molar-refractivity contribution in [2.24, 2.45) is 5.10 Å². The molecule has 3 rings (SSSR count). The molecule has 0 atom stereocenters. The quantitative estimate of drug-likeness (QED) is 0.382. The average Bonchev–Trinajstić information content (AvgIpc) is 2.57. The van der Waals surface area contributed by atoms with E-state index in [0.717, 1.165) is 22.0 Å². The van der Waals surface area contributed by atoms with Gasteiger partial charge in [0.05, 0.1) is 21.1 Å². The standard InChI is InChI=1S/C18H15BrN4O2/c1-11-3-5-14-8-12(2)18(21-16(14)7-11)22-20-10-13-4-6-15(19)17(9-13)23(24)25/h3-10H,1-2H3,(H,21,22)/b20-10-. The van der Waals surface area contributed by atoms with Crippen LogP contribution in [0.5, 0.6) is 0 Å². The molecular formula is C18H15BrN4O2. The maximum atomic E-state index is 11.0. The highest BCUT2D eigenvalue weighted by Crippen LogP contribution is 2.25. The third-order valence-electron chi connectivity index (χ3n) is 3.71. The molecule has 0 spiro atoms. The lowest BCUT2D eigenvalue weighted by molar-refractivity contribution is -0.385. The minimum Gasteiger partial charge on any atom is -0.261 e. The van der Waals surface area contributed by atoms with E-state index in [9.17, 15) is 10.1 Å². The predicted molar refractivity (Wildman–Crippen MR) is 103 cm³/mol. The van der Waals surface area contributed by atoms with E-state index in [1.807, 2.05) is 32.0 Å². The fourth-order valence-corrected chi connectivity index (χ4v) is 2.81. The Balaban J connectivity index is 1.85. The van der Waals surface area contributed by atoms with Crippen LogP contribution in [0.25, 0.3) is 10.9 Å². The number of hydrazone groups is 1. The fraction of sp³-hybridized carbons (Fsp3) is 0.111. The van der Waals surface area contributed by atoms with Gasteiger partial charge in [-0.15, -0.1) is 0 Å². The third kappa shape index (κ3) is 3.83. The monoisotopic (exact) mass is 398 g/mol. The summed E-state index contributed by atoms with van der Waals surface area (Å²) in [5.74, 6) is 0.654. The summed E-state index contributed by atoms with van der Waals surface area (Å²) in [4.78, 5) is 15.1. The van der Waals surface area contributed by atoms with Crippen LogP contribution >= 0.6 is 15.9 Å². The number of nitrogens with one attached hydrogen (secondary N) is 1. The second-order valence-corrected chi connectivity index (χ2v) is 6.54. The first kappa shape index (κ1) is 17.0. The van der Waals surface area contributed by atoms with Crippen LogP contribution in [0.3, 0.4) is 0 Å². The van der Waals surface area contributed by atoms with E-state index < -0.39 is 4.92 Å². The summed E-state index contributed by atoms with van der Waals surface area (Å²) in [6, 6.07) is 13.0. The number of rotatable bonds is 4. The van der Waals surface area contributed by atoms with Crippen molar-refractivity contribution in [3.05, 3.63) is 73.7 Å². The first-order chi connectivity index (χ1) is 11.9. The Labute approximate surface area is 152 Å². The Bertz CT molecular complexity index is 1000. The number of nitro groups is 1. The Kier molecular flexibility index (Phi) is 4.76. The van der Waals surface area contributed by atoms with Gasteiger partial charge in [0.25, 0.3) is 5.69 Å². The van der Waals surface area contributed by atoms with Crippen LogP contribution in [0.1, 0.15) is 16.7 Å². The predicted octanol–water partition coefficient (Wildman–Crippen LogP) is 4.97. The van der Waals surface area contributed by atoms with E-state index in [0.29, 0.717) is 15.9 Å². The number of hydrogen-bond acceptors (Lipinski definition) is 5. The molecule has 0 radical (unpaired) electrons. The Morgan fingerprint density at radius 2 is 2.00 bits per heavy atom. The first-order valence-corrected chi connectivity index (χ1v) is 8.34. The Morgan fingerprint density at radius 3 is 2.76 bits per heavy atom. The summed E-state index contributed by atoms with van der Waals surface area (Å²) < 4.78 is 0.435. The molecule has 0 aliphatic heterocycles. The zero-order valence-electron chi connectivity index (χ0n) is 13.7. The van der Waals surface area contributed by atoms with Crippen LogP contribution in [-0.2, 0) is 0 Å². The molecule has 126 valence electrons. The van der Waals surface area contributed by atoms with Crippen LogP contribution < -0.4 is 5.43 Å². The molecule has 0 bridgehead atoms. The van der Waals surface area contributed by atoms with Gasteiger partial charge in [-0.05, 0) is 59.1 Å². The largest absolute Gasteiger partial charge is 0.284 e. The molecule has 0 unspecified atom stereocenters. The second kappa shape index (κ2) is 6.98. The normalized spacial score (nSPS) is 11.2. The number of halogens is 1. The molecule has 7 heteroatoms. The molecule has 25 heavy (non-hydrogen) atoms. The lowest BCUT2D eigenvalue weighted by Gasteiger charge is -2.07. The summed E-state index contributed by atoms with van der Waals surface area (Å²) in [5.41, 5.74) is 6.53. The van der Waals surface area contributed by atoms with Crippen molar-refractivity contribution in [1.82, 2.24) is 4.98 Å². The molecular weight excluding hydrogens is 384 g/mol. The smallest absolute Gasteiger partial charge is 0.261 e. The van der Waals surface area contributed by atoms with Crippen LogP contribution in [0.4, 0.5) is 11.5 Å². The van der Waals surface area contributed by atoms with Gasteiger partial charge in [0.1, 0.15) is 5.82 Å². The molecule has 1 heterocycles.